The normalized spacial score (nSPS) is 25.1. The number of aliphatic imine (C=N–C) groups is 1. The first-order valence-electron chi connectivity index (χ1n) is 10.4. The predicted octanol–water partition coefficient (Wildman–Crippen LogP) is 1.20. The van der Waals surface area contributed by atoms with E-state index < -0.39 is 28.0 Å². The summed E-state index contributed by atoms with van der Waals surface area (Å²) >= 11 is 7.64. The number of carboxylic acids is 1. The smallest absolute Gasteiger partial charge is 0.335 e. The molecule has 2 atom stereocenters. The Hall–Kier alpha value is -2.42. The number of aromatic nitrogens is 1. The summed E-state index contributed by atoms with van der Waals surface area (Å²) in [7, 11) is -3.46. The van der Waals surface area contributed by atoms with Crippen molar-refractivity contribution >= 4 is 45.0 Å². The average molecular weight is 527 g/mol. The fourth-order valence-electron chi connectivity index (χ4n) is 4.41. The van der Waals surface area contributed by atoms with Gasteiger partial charge >= 0.3 is 5.97 Å². The van der Waals surface area contributed by atoms with Crippen molar-refractivity contribution in [1.82, 2.24) is 24.2 Å². The maximum Gasteiger partial charge on any atom is 0.335 e. The summed E-state index contributed by atoms with van der Waals surface area (Å²) in [4.78, 5) is 23.3. The highest BCUT2D eigenvalue weighted by Crippen LogP contribution is 2.36. The zero-order valence-corrected chi connectivity index (χ0v) is 20.0. The van der Waals surface area contributed by atoms with Crippen LogP contribution in [0.2, 0.25) is 5.02 Å². The minimum absolute atomic E-state index is 0.00610. The molecule has 0 aliphatic carbocycles. The molecule has 1 aromatic carbocycles. The van der Waals surface area contributed by atoms with Gasteiger partial charge in [-0.05, 0) is 12.1 Å². The lowest BCUT2D eigenvalue weighted by Gasteiger charge is -2.37. The SMILES string of the molecule is O=C(O)C1=C(CN2CCN3[C@@H](CNS3(=O)=O)C2)NC(c2nccs2)=N[C@H]1c1ccc(F)cc1Cl. The van der Waals surface area contributed by atoms with Crippen molar-refractivity contribution in [2.24, 2.45) is 4.99 Å². The first-order valence-corrected chi connectivity index (χ1v) is 13.1. The maximum absolute atomic E-state index is 13.7. The number of nitrogens with one attached hydrogen (secondary N) is 2. The summed E-state index contributed by atoms with van der Waals surface area (Å²) in [6.45, 7) is 1.70. The molecule has 2 fully saturated rings. The Kier molecular flexibility index (Phi) is 6.16. The van der Waals surface area contributed by atoms with Gasteiger partial charge in [0.1, 0.15) is 11.9 Å². The van der Waals surface area contributed by atoms with Crippen LogP contribution in [0.5, 0.6) is 0 Å². The highest BCUT2D eigenvalue weighted by atomic mass is 35.5. The first kappa shape index (κ1) is 23.3. The van der Waals surface area contributed by atoms with Crippen molar-refractivity contribution in [3.63, 3.8) is 0 Å². The van der Waals surface area contributed by atoms with Crippen LogP contribution >= 0.6 is 22.9 Å². The van der Waals surface area contributed by atoms with Gasteiger partial charge < -0.3 is 10.4 Å². The van der Waals surface area contributed by atoms with E-state index in [0.717, 1.165) is 6.07 Å². The fraction of sp³-hybridized carbons (Fsp3) is 0.350. The minimum Gasteiger partial charge on any atom is -0.478 e. The first-order chi connectivity index (χ1) is 16.2. The molecular weight excluding hydrogens is 507 g/mol. The van der Waals surface area contributed by atoms with Gasteiger partial charge in [-0.15, -0.1) is 11.3 Å². The van der Waals surface area contributed by atoms with E-state index in [1.165, 1.54) is 27.8 Å². The summed E-state index contributed by atoms with van der Waals surface area (Å²) in [6, 6.07) is 2.57. The summed E-state index contributed by atoms with van der Waals surface area (Å²) in [5.41, 5.74) is 0.762. The number of piperazine rings is 1. The molecule has 2 saturated heterocycles. The molecule has 180 valence electrons. The van der Waals surface area contributed by atoms with Gasteiger partial charge in [-0.25, -0.2) is 18.9 Å². The quantitative estimate of drug-likeness (QED) is 0.534. The van der Waals surface area contributed by atoms with Gasteiger partial charge in [0.25, 0.3) is 10.2 Å². The van der Waals surface area contributed by atoms with Crippen molar-refractivity contribution in [3.8, 4) is 0 Å². The zero-order chi connectivity index (χ0) is 24.0. The highest BCUT2D eigenvalue weighted by Gasteiger charge is 2.41. The van der Waals surface area contributed by atoms with Crippen molar-refractivity contribution in [2.45, 2.75) is 12.1 Å². The Morgan fingerprint density at radius 3 is 2.88 bits per heavy atom. The molecule has 0 saturated carbocycles. The van der Waals surface area contributed by atoms with Crippen LogP contribution in [-0.2, 0) is 15.0 Å². The number of amidine groups is 1. The number of hydrogen-bond donors (Lipinski definition) is 3. The van der Waals surface area contributed by atoms with Gasteiger partial charge in [-0.3, -0.25) is 9.89 Å². The number of fused-ring (bicyclic) bond motifs is 1. The molecule has 3 aliphatic heterocycles. The van der Waals surface area contributed by atoms with Gasteiger partial charge in [-0.1, -0.05) is 17.7 Å². The summed E-state index contributed by atoms with van der Waals surface area (Å²) in [5, 5.41) is 15.7. The Morgan fingerprint density at radius 1 is 1.35 bits per heavy atom. The molecule has 0 spiro atoms. The molecule has 10 nitrogen and oxygen atoms in total. The second-order valence-corrected chi connectivity index (χ2v) is 11.1. The zero-order valence-electron chi connectivity index (χ0n) is 17.6. The topological polar surface area (TPSA) is 127 Å². The molecule has 14 heteroatoms. The van der Waals surface area contributed by atoms with Crippen molar-refractivity contribution in [1.29, 1.82) is 0 Å². The Bertz CT molecular complexity index is 1300. The summed E-state index contributed by atoms with van der Waals surface area (Å²) < 4.78 is 41.9. The number of hydrogen-bond acceptors (Lipinski definition) is 8. The number of rotatable bonds is 5. The van der Waals surface area contributed by atoms with Crippen LogP contribution in [0.4, 0.5) is 4.39 Å². The Morgan fingerprint density at radius 2 is 2.18 bits per heavy atom. The van der Waals surface area contributed by atoms with Gasteiger partial charge in [-0.2, -0.15) is 12.7 Å². The molecule has 5 rings (SSSR count). The van der Waals surface area contributed by atoms with Gasteiger partial charge in [0.15, 0.2) is 10.8 Å². The van der Waals surface area contributed by atoms with Crippen molar-refractivity contribution in [3.05, 3.63) is 62.5 Å². The lowest BCUT2D eigenvalue weighted by atomic mass is 9.95. The number of carboxylic acid groups (broad SMARTS) is 1. The van der Waals surface area contributed by atoms with Crippen LogP contribution in [0.25, 0.3) is 0 Å². The molecule has 0 amide bonds. The third-order valence-corrected chi connectivity index (χ3v) is 8.69. The molecule has 4 heterocycles. The molecule has 3 aliphatic rings. The molecule has 0 bridgehead atoms. The van der Waals surface area contributed by atoms with Crippen molar-refractivity contribution < 1.29 is 22.7 Å². The lowest BCUT2D eigenvalue weighted by molar-refractivity contribution is -0.133. The van der Waals surface area contributed by atoms with Gasteiger partial charge in [0.2, 0.25) is 0 Å². The largest absolute Gasteiger partial charge is 0.478 e. The van der Waals surface area contributed by atoms with E-state index in [1.807, 2.05) is 4.90 Å². The molecule has 2 aromatic rings. The van der Waals surface area contributed by atoms with E-state index in [2.05, 4.69) is 20.0 Å². The van der Waals surface area contributed by atoms with Crippen LogP contribution in [-0.4, -0.2) is 78.3 Å². The lowest BCUT2D eigenvalue weighted by Crippen LogP contribution is -2.53. The van der Waals surface area contributed by atoms with Crippen LogP contribution in [0.3, 0.4) is 0 Å². The van der Waals surface area contributed by atoms with E-state index in [-0.39, 0.29) is 23.2 Å². The molecule has 1 aromatic heterocycles. The van der Waals surface area contributed by atoms with Crippen LogP contribution in [0.1, 0.15) is 16.6 Å². The minimum atomic E-state index is -3.46. The third-order valence-electron chi connectivity index (χ3n) is 5.95. The number of carbonyl (C=O) groups is 1. The van der Waals surface area contributed by atoms with E-state index in [1.54, 1.807) is 11.6 Å². The predicted molar refractivity (Wildman–Crippen MR) is 124 cm³/mol. The number of halogens is 2. The van der Waals surface area contributed by atoms with Crippen molar-refractivity contribution in [2.75, 3.05) is 32.7 Å². The monoisotopic (exact) mass is 526 g/mol. The molecule has 3 N–H and O–H groups in total. The van der Waals surface area contributed by atoms with Gasteiger partial charge in [0, 0.05) is 60.6 Å². The molecule has 0 unspecified atom stereocenters. The maximum atomic E-state index is 13.7. The number of aliphatic carboxylic acids is 1. The Balaban J connectivity index is 1.51. The number of benzene rings is 1. The average Bonchev–Trinajstić information content (AvgIpc) is 3.41. The third kappa shape index (κ3) is 4.34. The second kappa shape index (κ2) is 8.98. The second-order valence-electron chi connectivity index (χ2n) is 8.06. The molecule has 0 radical (unpaired) electrons. The van der Waals surface area contributed by atoms with Gasteiger partial charge in [0.05, 0.1) is 11.6 Å². The van der Waals surface area contributed by atoms with Crippen LogP contribution in [0.15, 0.2) is 46.0 Å². The highest BCUT2D eigenvalue weighted by molar-refractivity contribution is 7.87. The Labute approximate surface area is 203 Å². The standard InChI is InChI=1S/C20H20ClFN6O4S2/c21-14-7-11(22)1-2-13(14)17-16(20(29)30)15(25-18(26-17)19-23-3-6-33-19)10-27-4-5-28-12(9-27)8-24-34(28,31)32/h1-3,6-7,12,17,24H,4-5,8-10H2,(H,25,26)(H,29,30)/t12-,17-/m0/s1. The molecule has 34 heavy (non-hydrogen) atoms. The van der Waals surface area contributed by atoms with E-state index in [9.17, 15) is 22.7 Å². The van der Waals surface area contributed by atoms with E-state index in [4.69, 9.17) is 11.6 Å². The number of thiazole rings is 1. The summed E-state index contributed by atoms with van der Waals surface area (Å²) in [5.74, 6) is -1.33. The van der Waals surface area contributed by atoms with E-state index in [0.29, 0.717) is 48.3 Å². The van der Waals surface area contributed by atoms with Crippen LogP contribution < -0.4 is 10.0 Å². The number of nitrogens with zero attached hydrogens (tertiary/aromatic N) is 4. The van der Waals surface area contributed by atoms with E-state index >= 15 is 0 Å². The fourth-order valence-corrected chi connectivity index (χ4v) is 6.69. The van der Waals surface area contributed by atoms with Crippen LogP contribution in [0, 0.1) is 5.82 Å². The molecular formula is C20H20ClFN6O4S2. The summed E-state index contributed by atoms with van der Waals surface area (Å²) in [6.07, 6.45) is 1.62.